The summed E-state index contributed by atoms with van der Waals surface area (Å²) in [6.45, 7) is 3.82. The van der Waals surface area contributed by atoms with Crippen molar-refractivity contribution in [2.75, 3.05) is 38.8 Å². The molecule has 1 amide bonds. The Morgan fingerprint density at radius 2 is 2.21 bits per heavy atom. The quantitative estimate of drug-likeness (QED) is 0.523. The molecule has 0 heterocycles. The third kappa shape index (κ3) is 8.47. The zero-order chi connectivity index (χ0) is 10.8. The van der Waals surface area contributed by atoms with Crippen LogP contribution in [0.15, 0.2) is 0 Å². The maximum Gasteiger partial charge on any atom is 0.246 e. The van der Waals surface area contributed by atoms with Crippen LogP contribution in [0.2, 0.25) is 0 Å². The second-order valence-electron chi connectivity index (χ2n) is 3.11. The van der Waals surface area contributed by atoms with E-state index in [4.69, 9.17) is 9.47 Å². The van der Waals surface area contributed by atoms with Crippen LogP contribution in [0.3, 0.4) is 0 Å². The molecule has 1 atom stereocenters. The van der Waals surface area contributed by atoms with E-state index in [0.717, 1.165) is 5.33 Å². The van der Waals surface area contributed by atoms with E-state index >= 15 is 0 Å². The van der Waals surface area contributed by atoms with E-state index in [2.05, 4.69) is 28.2 Å². The molecule has 0 aliphatic carbocycles. The lowest BCUT2D eigenvalue weighted by Crippen LogP contribution is -2.32. The summed E-state index contributed by atoms with van der Waals surface area (Å²) < 4.78 is 9.83. The second kappa shape index (κ2) is 9.43. The van der Waals surface area contributed by atoms with Crippen molar-refractivity contribution >= 4 is 21.8 Å². The molecule has 0 aliphatic heterocycles. The number of alkyl halides is 1. The zero-order valence-corrected chi connectivity index (χ0v) is 10.3. The first kappa shape index (κ1) is 13.9. The number of halogens is 1. The van der Waals surface area contributed by atoms with Crippen LogP contribution in [0.4, 0.5) is 0 Å². The second-order valence-corrected chi connectivity index (χ2v) is 3.76. The summed E-state index contributed by atoms with van der Waals surface area (Å²) in [5, 5.41) is 3.66. The van der Waals surface area contributed by atoms with E-state index in [1.165, 1.54) is 0 Å². The third-order valence-electron chi connectivity index (χ3n) is 1.58. The molecule has 1 unspecified atom stereocenters. The Labute approximate surface area is 93.5 Å². The van der Waals surface area contributed by atoms with Crippen molar-refractivity contribution in [1.29, 1.82) is 0 Å². The minimum Gasteiger partial charge on any atom is -0.382 e. The van der Waals surface area contributed by atoms with E-state index in [1.807, 2.05) is 0 Å². The summed E-state index contributed by atoms with van der Waals surface area (Å²) in [5.74, 6) is 0.367. The van der Waals surface area contributed by atoms with Crippen molar-refractivity contribution in [1.82, 2.24) is 5.32 Å². The first-order valence-corrected chi connectivity index (χ1v) is 5.72. The van der Waals surface area contributed by atoms with Crippen molar-refractivity contribution in [2.45, 2.75) is 6.92 Å². The van der Waals surface area contributed by atoms with Crippen molar-refractivity contribution in [3.63, 3.8) is 0 Å². The normalized spacial score (nSPS) is 12.5. The van der Waals surface area contributed by atoms with Crippen LogP contribution in [0.25, 0.3) is 0 Å². The summed E-state index contributed by atoms with van der Waals surface area (Å²) in [6.07, 6.45) is 0. The number of carbonyl (C=O) groups excluding carboxylic acids is 1. The van der Waals surface area contributed by atoms with Gasteiger partial charge in [-0.2, -0.15) is 0 Å². The van der Waals surface area contributed by atoms with Gasteiger partial charge in [0.15, 0.2) is 0 Å². The zero-order valence-electron chi connectivity index (χ0n) is 8.72. The van der Waals surface area contributed by atoms with Crippen LogP contribution in [-0.2, 0) is 14.3 Å². The molecule has 14 heavy (non-hydrogen) atoms. The molecule has 0 spiro atoms. The van der Waals surface area contributed by atoms with Crippen LogP contribution in [-0.4, -0.2) is 44.7 Å². The number of hydrogen-bond donors (Lipinski definition) is 1. The van der Waals surface area contributed by atoms with E-state index in [-0.39, 0.29) is 12.5 Å². The number of hydrogen-bond acceptors (Lipinski definition) is 3. The molecule has 0 saturated carbocycles. The molecule has 0 aromatic heterocycles. The van der Waals surface area contributed by atoms with Gasteiger partial charge >= 0.3 is 0 Å². The molecule has 0 aliphatic rings. The van der Waals surface area contributed by atoms with Gasteiger partial charge in [-0.1, -0.05) is 22.9 Å². The van der Waals surface area contributed by atoms with Gasteiger partial charge in [0.05, 0.1) is 13.2 Å². The lowest BCUT2D eigenvalue weighted by molar-refractivity contribution is -0.126. The molecule has 0 aromatic carbocycles. The van der Waals surface area contributed by atoms with Crippen LogP contribution in [0.1, 0.15) is 6.92 Å². The largest absolute Gasteiger partial charge is 0.382 e. The van der Waals surface area contributed by atoms with E-state index in [9.17, 15) is 4.79 Å². The van der Waals surface area contributed by atoms with Crippen LogP contribution >= 0.6 is 15.9 Å². The van der Waals surface area contributed by atoms with E-state index < -0.39 is 0 Å². The van der Waals surface area contributed by atoms with Crippen molar-refractivity contribution in [2.24, 2.45) is 5.92 Å². The molecular formula is C9H18BrNO3. The van der Waals surface area contributed by atoms with Crippen LogP contribution in [0, 0.1) is 5.92 Å². The van der Waals surface area contributed by atoms with Gasteiger partial charge in [0.25, 0.3) is 0 Å². The summed E-state index contributed by atoms with van der Waals surface area (Å²) in [6, 6.07) is 0. The van der Waals surface area contributed by atoms with Gasteiger partial charge in [-0.05, 0) is 5.92 Å². The predicted octanol–water partition coefficient (Wildman–Crippen LogP) is 0.797. The maximum absolute atomic E-state index is 11.1. The SMILES string of the molecule is COCCOCC(=O)NCC(C)CBr. The molecule has 0 fully saturated rings. The van der Waals surface area contributed by atoms with Gasteiger partial charge in [0.1, 0.15) is 6.61 Å². The Balaban J connectivity index is 3.28. The fourth-order valence-electron chi connectivity index (χ4n) is 0.701. The van der Waals surface area contributed by atoms with Gasteiger partial charge in [-0.25, -0.2) is 0 Å². The topological polar surface area (TPSA) is 47.6 Å². The van der Waals surface area contributed by atoms with E-state index in [1.54, 1.807) is 7.11 Å². The highest BCUT2D eigenvalue weighted by Crippen LogP contribution is 1.96. The fourth-order valence-corrected chi connectivity index (χ4v) is 0.930. The average Bonchev–Trinajstić information content (AvgIpc) is 2.21. The standard InChI is InChI=1S/C9H18BrNO3/c1-8(5-10)6-11-9(12)7-14-4-3-13-2/h8H,3-7H2,1-2H3,(H,11,12). The lowest BCUT2D eigenvalue weighted by Gasteiger charge is -2.09. The fraction of sp³-hybridized carbons (Fsp3) is 0.889. The lowest BCUT2D eigenvalue weighted by atomic mass is 10.2. The molecule has 4 nitrogen and oxygen atoms in total. The Kier molecular flexibility index (Phi) is 9.34. The Morgan fingerprint density at radius 1 is 1.50 bits per heavy atom. The van der Waals surface area contributed by atoms with Crippen LogP contribution in [0.5, 0.6) is 0 Å². The van der Waals surface area contributed by atoms with Crippen molar-refractivity contribution in [3.8, 4) is 0 Å². The van der Waals surface area contributed by atoms with Crippen molar-refractivity contribution < 1.29 is 14.3 Å². The minimum atomic E-state index is -0.0751. The summed E-state index contributed by atoms with van der Waals surface area (Å²) >= 11 is 3.34. The molecule has 0 saturated heterocycles. The molecule has 0 bridgehead atoms. The van der Waals surface area contributed by atoms with Gasteiger partial charge < -0.3 is 14.8 Å². The Bertz CT molecular complexity index is 155. The highest BCUT2D eigenvalue weighted by Gasteiger charge is 2.03. The molecule has 0 aromatic rings. The monoisotopic (exact) mass is 267 g/mol. The van der Waals surface area contributed by atoms with E-state index in [0.29, 0.717) is 25.7 Å². The van der Waals surface area contributed by atoms with Gasteiger partial charge in [0, 0.05) is 19.0 Å². The maximum atomic E-state index is 11.1. The van der Waals surface area contributed by atoms with Gasteiger partial charge in [0.2, 0.25) is 5.91 Å². The highest BCUT2D eigenvalue weighted by atomic mass is 79.9. The van der Waals surface area contributed by atoms with Gasteiger partial charge in [-0.15, -0.1) is 0 Å². The smallest absolute Gasteiger partial charge is 0.246 e. The minimum absolute atomic E-state index is 0.0751. The Morgan fingerprint density at radius 3 is 2.79 bits per heavy atom. The molecule has 0 radical (unpaired) electrons. The number of ether oxygens (including phenoxy) is 2. The third-order valence-corrected chi connectivity index (χ3v) is 2.68. The first-order valence-electron chi connectivity index (χ1n) is 4.60. The molecular weight excluding hydrogens is 250 g/mol. The van der Waals surface area contributed by atoms with Gasteiger partial charge in [-0.3, -0.25) is 4.79 Å². The Hall–Kier alpha value is -0.130. The predicted molar refractivity (Wildman–Crippen MR) is 58.7 cm³/mol. The molecule has 5 heteroatoms. The molecule has 0 rings (SSSR count). The average molecular weight is 268 g/mol. The summed E-state index contributed by atoms with van der Waals surface area (Å²) in [5.41, 5.74) is 0. The molecule has 84 valence electrons. The van der Waals surface area contributed by atoms with Crippen LogP contribution < -0.4 is 5.32 Å². The number of nitrogens with one attached hydrogen (secondary N) is 1. The summed E-state index contributed by atoms with van der Waals surface area (Å²) in [7, 11) is 1.60. The number of carbonyl (C=O) groups is 1. The number of amides is 1. The number of rotatable bonds is 8. The number of methoxy groups -OCH3 is 1. The summed E-state index contributed by atoms with van der Waals surface area (Å²) in [4.78, 5) is 11.1. The highest BCUT2D eigenvalue weighted by molar-refractivity contribution is 9.09. The molecule has 1 N–H and O–H groups in total. The van der Waals surface area contributed by atoms with Crippen molar-refractivity contribution in [3.05, 3.63) is 0 Å². The first-order chi connectivity index (χ1) is 6.70.